The fraction of sp³-hybridized carbons (Fsp3) is 0.800. The summed E-state index contributed by atoms with van der Waals surface area (Å²) in [6.07, 6.45) is 2.84. The van der Waals surface area contributed by atoms with Crippen molar-refractivity contribution in [2.45, 2.75) is 25.4 Å². The van der Waals surface area contributed by atoms with Crippen LogP contribution < -0.4 is 5.32 Å². The molecule has 0 aliphatic carbocycles. The maximum atomic E-state index is 4.15. The van der Waals surface area contributed by atoms with Crippen molar-refractivity contribution < 1.29 is 0 Å². The quantitative estimate of drug-likeness (QED) is 0.568. The van der Waals surface area contributed by atoms with E-state index in [4.69, 9.17) is 0 Å². The summed E-state index contributed by atoms with van der Waals surface area (Å²) in [5.41, 5.74) is 0. The molecule has 4 nitrogen and oxygen atoms in total. The van der Waals surface area contributed by atoms with Gasteiger partial charge in [0.25, 0.3) is 0 Å². The van der Waals surface area contributed by atoms with Crippen molar-refractivity contribution in [3.63, 3.8) is 0 Å². The number of hydrogen-bond donors (Lipinski definition) is 1. The first-order valence-corrected chi connectivity index (χ1v) is 6.36. The summed E-state index contributed by atoms with van der Waals surface area (Å²) in [7, 11) is 1.92. The standard InChI is InChI=1S/C10H20N4S/c1-9(2)4-5-11-6-7-15-10-12-8-13-14(10)3/h8-9,11H,4-7H2,1-3H3. The van der Waals surface area contributed by atoms with E-state index >= 15 is 0 Å². The van der Waals surface area contributed by atoms with E-state index in [2.05, 4.69) is 29.2 Å². The van der Waals surface area contributed by atoms with Gasteiger partial charge in [-0.1, -0.05) is 25.6 Å². The van der Waals surface area contributed by atoms with Gasteiger partial charge in [0.1, 0.15) is 6.33 Å². The fourth-order valence-electron chi connectivity index (χ4n) is 1.15. The Kier molecular flexibility index (Phi) is 5.71. The van der Waals surface area contributed by atoms with Gasteiger partial charge < -0.3 is 5.32 Å². The highest BCUT2D eigenvalue weighted by molar-refractivity contribution is 7.99. The largest absolute Gasteiger partial charge is 0.316 e. The van der Waals surface area contributed by atoms with E-state index in [0.29, 0.717) is 0 Å². The van der Waals surface area contributed by atoms with Gasteiger partial charge in [-0.2, -0.15) is 5.10 Å². The molecule has 0 saturated carbocycles. The summed E-state index contributed by atoms with van der Waals surface area (Å²) in [5, 5.41) is 8.43. The predicted molar refractivity (Wildman–Crippen MR) is 64.1 cm³/mol. The summed E-state index contributed by atoms with van der Waals surface area (Å²) in [4.78, 5) is 4.15. The average Bonchev–Trinajstić information content (AvgIpc) is 2.57. The van der Waals surface area contributed by atoms with Crippen LogP contribution in [0, 0.1) is 5.92 Å². The second-order valence-corrected chi connectivity index (χ2v) is 5.01. The summed E-state index contributed by atoms with van der Waals surface area (Å²) >= 11 is 1.74. The number of aryl methyl sites for hydroxylation is 1. The van der Waals surface area contributed by atoms with Gasteiger partial charge in [-0.3, -0.25) is 0 Å². The van der Waals surface area contributed by atoms with Gasteiger partial charge in [0.15, 0.2) is 5.16 Å². The van der Waals surface area contributed by atoms with E-state index in [1.165, 1.54) is 6.42 Å². The molecule has 0 atom stereocenters. The van der Waals surface area contributed by atoms with Crippen LogP contribution in [0.1, 0.15) is 20.3 Å². The lowest BCUT2D eigenvalue weighted by atomic mass is 10.1. The fourth-order valence-corrected chi connectivity index (χ4v) is 1.93. The van der Waals surface area contributed by atoms with Gasteiger partial charge in [0.2, 0.25) is 0 Å². The van der Waals surface area contributed by atoms with Crippen molar-refractivity contribution in [3.8, 4) is 0 Å². The third-order valence-corrected chi connectivity index (χ3v) is 3.11. The van der Waals surface area contributed by atoms with Crippen LogP contribution in [0.2, 0.25) is 0 Å². The van der Waals surface area contributed by atoms with E-state index < -0.39 is 0 Å². The molecular formula is C10H20N4S. The topological polar surface area (TPSA) is 42.7 Å². The minimum absolute atomic E-state index is 0.781. The summed E-state index contributed by atoms with van der Waals surface area (Å²) in [6, 6.07) is 0. The Morgan fingerprint density at radius 2 is 2.27 bits per heavy atom. The van der Waals surface area contributed by atoms with Gasteiger partial charge >= 0.3 is 0 Å². The normalized spacial score (nSPS) is 11.2. The predicted octanol–water partition coefficient (Wildman–Crippen LogP) is 1.54. The minimum atomic E-state index is 0.781. The van der Waals surface area contributed by atoms with Crippen molar-refractivity contribution in [2.24, 2.45) is 13.0 Å². The zero-order chi connectivity index (χ0) is 11.1. The van der Waals surface area contributed by atoms with Crippen LogP contribution in [-0.4, -0.2) is 33.6 Å². The third kappa shape index (κ3) is 5.18. The molecule has 1 N–H and O–H groups in total. The van der Waals surface area contributed by atoms with Crippen LogP contribution in [0.4, 0.5) is 0 Å². The first kappa shape index (κ1) is 12.5. The number of nitrogens with zero attached hydrogens (tertiary/aromatic N) is 3. The van der Waals surface area contributed by atoms with Crippen molar-refractivity contribution in [1.29, 1.82) is 0 Å². The number of hydrogen-bond acceptors (Lipinski definition) is 4. The zero-order valence-electron chi connectivity index (χ0n) is 9.73. The van der Waals surface area contributed by atoms with Crippen LogP contribution in [0.3, 0.4) is 0 Å². The van der Waals surface area contributed by atoms with Crippen LogP contribution >= 0.6 is 11.8 Å². The highest BCUT2D eigenvalue weighted by Gasteiger charge is 2.00. The molecule has 0 spiro atoms. The van der Waals surface area contributed by atoms with E-state index in [-0.39, 0.29) is 0 Å². The average molecular weight is 228 g/mol. The molecule has 0 aliphatic rings. The molecule has 86 valence electrons. The highest BCUT2D eigenvalue weighted by atomic mass is 32.2. The molecule has 0 bridgehead atoms. The first-order valence-electron chi connectivity index (χ1n) is 5.37. The minimum Gasteiger partial charge on any atom is -0.316 e. The van der Waals surface area contributed by atoms with E-state index in [0.717, 1.165) is 29.9 Å². The number of nitrogens with one attached hydrogen (secondary N) is 1. The molecule has 1 aromatic rings. The molecule has 1 aromatic heterocycles. The van der Waals surface area contributed by atoms with E-state index in [1.807, 2.05) is 7.05 Å². The Morgan fingerprint density at radius 3 is 2.87 bits per heavy atom. The second kappa shape index (κ2) is 6.85. The molecule has 1 rings (SSSR count). The van der Waals surface area contributed by atoms with Crippen LogP contribution in [0.5, 0.6) is 0 Å². The molecule has 0 aromatic carbocycles. The summed E-state index contributed by atoms with van der Waals surface area (Å²) in [6.45, 7) is 6.63. The van der Waals surface area contributed by atoms with Gasteiger partial charge in [-0.25, -0.2) is 9.67 Å². The molecule has 0 aliphatic heterocycles. The van der Waals surface area contributed by atoms with Crippen molar-refractivity contribution in [2.75, 3.05) is 18.8 Å². The number of thioether (sulfide) groups is 1. The summed E-state index contributed by atoms with van der Waals surface area (Å²) in [5.74, 6) is 1.83. The maximum Gasteiger partial charge on any atom is 0.185 e. The Morgan fingerprint density at radius 1 is 1.47 bits per heavy atom. The molecule has 0 unspecified atom stereocenters. The number of aromatic nitrogens is 3. The monoisotopic (exact) mass is 228 g/mol. The van der Waals surface area contributed by atoms with Crippen molar-refractivity contribution in [1.82, 2.24) is 20.1 Å². The lowest BCUT2D eigenvalue weighted by molar-refractivity contribution is 0.547. The molecule has 5 heteroatoms. The Labute approximate surface area is 95.9 Å². The van der Waals surface area contributed by atoms with Gasteiger partial charge in [0.05, 0.1) is 0 Å². The Hall–Kier alpha value is -0.550. The molecule has 0 amide bonds. The molecule has 0 radical (unpaired) electrons. The zero-order valence-corrected chi connectivity index (χ0v) is 10.5. The first-order chi connectivity index (χ1) is 7.20. The smallest absolute Gasteiger partial charge is 0.185 e. The third-order valence-electron chi connectivity index (χ3n) is 2.08. The SMILES string of the molecule is CC(C)CCNCCSc1ncnn1C. The van der Waals surface area contributed by atoms with Crippen molar-refractivity contribution >= 4 is 11.8 Å². The van der Waals surface area contributed by atoms with Crippen LogP contribution in [0.15, 0.2) is 11.5 Å². The van der Waals surface area contributed by atoms with Gasteiger partial charge in [-0.15, -0.1) is 0 Å². The van der Waals surface area contributed by atoms with Gasteiger partial charge in [-0.05, 0) is 18.9 Å². The van der Waals surface area contributed by atoms with Gasteiger partial charge in [0, 0.05) is 19.3 Å². The second-order valence-electron chi connectivity index (χ2n) is 3.95. The summed E-state index contributed by atoms with van der Waals surface area (Å²) < 4.78 is 1.80. The number of rotatable bonds is 7. The van der Waals surface area contributed by atoms with Crippen LogP contribution in [-0.2, 0) is 7.05 Å². The van der Waals surface area contributed by atoms with E-state index in [9.17, 15) is 0 Å². The molecule has 0 saturated heterocycles. The van der Waals surface area contributed by atoms with Crippen LogP contribution in [0.25, 0.3) is 0 Å². The maximum absolute atomic E-state index is 4.15. The molecular weight excluding hydrogens is 208 g/mol. The van der Waals surface area contributed by atoms with E-state index in [1.54, 1.807) is 22.8 Å². The highest BCUT2D eigenvalue weighted by Crippen LogP contribution is 2.11. The Balaban J connectivity index is 2.00. The van der Waals surface area contributed by atoms with Crippen molar-refractivity contribution in [3.05, 3.63) is 6.33 Å². The lowest BCUT2D eigenvalue weighted by Crippen LogP contribution is -2.19. The molecule has 0 fully saturated rings. The lowest BCUT2D eigenvalue weighted by Gasteiger charge is -2.06. The molecule has 1 heterocycles. The molecule has 15 heavy (non-hydrogen) atoms. The Bertz CT molecular complexity index is 272.